The Labute approximate surface area is 114 Å². The highest BCUT2D eigenvalue weighted by Gasteiger charge is 2.28. The summed E-state index contributed by atoms with van der Waals surface area (Å²) >= 11 is 0. The Kier molecular flexibility index (Phi) is 4.30. The van der Waals surface area contributed by atoms with Crippen LogP contribution in [0.2, 0.25) is 0 Å². The minimum atomic E-state index is 0.187. The van der Waals surface area contributed by atoms with Gasteiger partial charge in [0.25, 0.3) is 0 Å². The maximum Gasteiger partial charge on any atom is 0.226 e. The van der Waals surface area contributed by atoms with Gasteiger partial charge in [-0.15, -0.1) is 0 Å². The molecule has 0 radical (unpaired) electrons. The predicted molar refractivity (Wildman–Crippen MR) is 75.9 cm³/mol. The summed E-state index contributed by atoms with van der Waals surface area (Å²) in [5.41, 5.74) is 6.31. The van der Waals surface area contributed by atoms with Crippen molar-refractivity contribution in [2.75, 3.05) is 25.4 Å². The zero-order valence-corrected chi connectivity index (χ0v) is 11.6. The number of anilines is 1. The fourth-order valence-corrected chi connectivity index (χ4v) is 2.31. The number of amides is 1. The molecule has 104 valence electrons. The molecular formula is C15H22N2O2. The smallest absolute Gasteiger partial charge is 0.226 e. The van der Waals surface area contributed by atoms with E-state index in [-0.39, 0.29) is 5.91 Å². The Morgan fingerprint density at radius 3 is 2.42 bits per heavy atom. The molecule has 1 saturated heterocycles. The highest BCUT2D eigenvalue weighted by Crippen LogP contribution is 2.22. The summed E-state index contributed by atoms with van der Waals surface area (Å²) in [6.07, 6.45) is 0.434. The molecular weight excluding hydrogens is 240 g/mol. The van der Waals surface area contributed by atoms with Gasteiger partial charge in [-0.1, -0.05) is 13.8 Å². The summed E-state index contributed by atoms with van der Waals surface area (Å²) < 4.78 is 5.54. The van der Waals surface area contributed by atoms with Crippen LogP contribution in [0, 0.1) is 11.8 Å². The van der Waals surface area contributed by atoms with Gasteiger partial charge in [0.05, 0.1) is 13.0 Å². The third-order valence-corrected chi connectivity index (χ3v) is 3.81. The molecule has 1 aliphatic heterocycles. The average Bonchev–Trinajstić information content (AvgIpc) is 2.72. The number of carbonyl (C=O) groups is 1. The molecule has 1 fully saturated rings. The number of rotatable bonds is 4. The molecule has 1 aromatic rings. The van der Waals surface area contributed by atoms with Crippen LogP contribution in [-0.4, -0.2) is 30.5 Å². The zero-order valence-electron chi connectivity index (χ0n) is 11.6. The summed E-state index contributed by atoms with van der Waals surface area (Å²) in [5.74, 6) is 2.14. The molecule has 1 heterocycles. The minimum absolute atomic E-state index is 0.187. The van der Waals surface area contributed by atoms with Crippen LogP contribution in [0.4, 0.5) is 5.69 Å². The normalized spacial score (nSPS) is 22.5. The quantitative estimate of drug-likeness (QED) is 0.846. The third kappa shape index (κ3) is 3.63. The second-order valence-electron chi connectivity index (χ2n) is 5.42. The van der Waals surface area contributed by atoms with Crippen molar-refractivity contribution in [1.82, 2.24) is 4.90 Å². The zero-order chi connectivity index (χ0) is 13.8. The lowest BCUT2D eigenvalue weighted by Gasteiger charge is -2.16. The molecule has 4 heteroatoms. The maximum atomic E-state index is 12.0. The lowest BCUT2D eigenvalue weighted by Crippen LogP contribution is -2.29. The number of ether oxygens (including phenoxy) is 1. The Balaban J connectivity index is 1.74. The molecule has 2 N–H and O–H groups in total. The monoisotopic (exact) mass is 262 g/mol. The molecule has 19 heavy (non-hydrogen) atoms. The fourth-order valence-electron chi connectivity index (χ4n) is 2.31. The molecule has 0 saturated carbocycles. The van der Waals surface area contributed by atoms with Crippen LogP contribution in [0.1, 0.15) is 20.3 Å². The van der Waals surface area contributed by atoms with Gasteiger partial charge in [-0.3, -0.25) is 4.79 Å². The van der Waals surface area contributed by atoms with Gasteiger partial charge >= 0.3 is 0 Å². The molecule has 0 aromatic heterocycles. The van der Waals surface area contributed by atoms with E-state index in [2.05, 4.69) is 13.8 Å². The van der Waals surface area contributed by atoms with E-state index in [1.54, 1.807) is 12.1 Å². The van der Waals surface area contributed by atoms with E-state index in [1.807, 2.05) is 17.0 Å². The molecule has 1 aromatic carbocycles. The van der Waals surface area contributed by atoms with Crippen LogP contribution in [0.3, 0.4) is 0 Å². The van der Waals surface area contributed by atoms with E-state index >= 15 is 0 Å². The van der Waals surface area contributed by atoms with Crippen molar-refractivity contribution in [3.05, 3.63) is 24.3 Å². The lowest BCUT2D eigenvalue weighted by molar-refractivity contribution is -0.130. The Hall–Kier alpha value is -1.71. The van der Waals surface area contributed by atoms with Gasteiger partial charge in [-0.05, 0) is 36.1 Å². The second-order valence-corrected chi connectivity index (χ2v) is 5.42. The van der Waals surface area contributed by atoms with Crippen LogP contribution < -0.4 is 10.5 Å². The largest absolute Gasteiger partial charge is 0.493 e. The minimum Gasteiger partial charge on any atom is -0.493 e. The van der Waals surface area contributed by atoms with Crippen molar-refractivity contribution in [2.45, 2.75) is 20.3 Å². The van der Waals surface area contributed by atoms with Gasteiger partial charge in [0.15, 0.2) is 0 Å². The summed E-state index contributed by atoms with van der Waals surface area (Å²) in [5, 5.41) is 0. The Bertz CT molecular complexity index is 420. The van der Waals surface area contributed by atoms with Crippen molar-refractivity contribution < 1.29 is 9.53 Å². The first-order chi connectivity index (χ1) is 9.06. The molecule has 4 nitrogen and oxygen atoms in total. The lowest BCUT2D eigenvalue weighted by atomic mass is 10.0. The molecule has 1 amide bonds. The second kappa shape index (κ2) is 5.95. The van der Waals surface area contributed by atoms with Crippen molar-refractivity contribution in [3.8, 4) is 5.75 Å². The first kappa shape index (κ1) is 13.7. The van der Waals surface area contributed by atoms with Gasteiger partial charge in [0, 0.05) is 18.8 Å². The SMILES string of the molecule is CC1CN(C(=O)CCOc2ccc(N)cc2)CC1C. The maximum absolute atomic E-state index is 12.0. The molecule has 2 unspecified atom stereocenters. The third-order valence-electron chi connectivity index (χ3n) is 3.81. The summed E-state index contributed by atoms with van der Waals surface area (Å²) in [6.45, 7) is 6.57. The standard InChI is InChI=1S/C15H22N2O2/c1-11-9-17(10-12(11)2)15(18)7-8-19-14-5-3-13(16)4-6-14/h3-6,11-12H,7-10,16H2,1-2H3. The Morgan fingerprint density at radius 2 is 1.84 bits per heavy atom. The summed E-state index contributed by atoms with van der Waals surface area (Å²) in [6, 6.07) is 7.22. The van der Waals surface area contributed by atoms with Crippen molar-refractivity contribution in [3.63, 3.8) is 0 Å². The van der Waals surface area contributed by atoms with E-state index in [9.17, 15) is 4.79 Å². The molecule has 1 aliphatic rings. The van der Waals surface area contributed by atoms with Gasteiger partial charge in [-0.25, -0.2) is 0 Å². The highest BCUT2D eigenvalue weighted by atomic mass is 16.5. The van der Waals surface area contributed by atoms with Crippen LogP contribution in [0.5, 0.6) is 5.75 Å². The van der Waals surface area contributed by atoms with Gasteiger partial charge < -0.3 is 15.4 Å². The Morgan fingerprint density at radius 1 is 1.26 bits per heavy atom. The highest BCUT2D eigenvalue weighted by molar-refractivity contribution is 5.76. The molecule has 2 atom stereocenters. The van der Waals surface area contributed by atoms with Crippen molar-refractivity contribution in [2.24, 2.45) is 11.8 Å². The van der Waals surface area contributed by atoms with Crippen LogP contribution in [0.15, 0.2) is 24.3 Å². The number of nitrogens with zero attached hydrogens (tertiary/aromatic N) is 1. The fraction of sp³-hybridized carbons (Fsp3) is 0.533. The van der Waals surface area contributed by atoms with E-state index < -0.39 is 0 Å². The predicted octanol–water partition coefficient (Wildman–Crippen LogP) is 2.15. The van der Waals surface area contributed by atoms with E-state index in [1.165, 1.54) is 0 Å². The topological polar surface area (TPSA) is 55.6 Å². The number of nitrogens with two attached hydrogens (primary N) is 1. The first-order valence-corrected chi connectivity index (χ1v) is 6.82. The van der Waals surface area contributed by atoms with Crippen molar-refractivity contribution in [1.29, 1.82) is 0 Å². The number of benzene rings is 1. The van der Waals surface area contributed by atoms with E-state index in [0.29, 0.717) is 30.6 Å². The number of carbonyl (C=O) groups excluding carboxylic acids is 1. The molecule has 2 rings (SSSR count). The van der Waals surface area contributed by atoms with Gasteiger partial charge in [-0.2, -0.15) is 0 Å². The van der Waals surface area contributed by atoms with Gasteiger partial charge in [0.1, 0.15) is 5.75 Å². The number of nitrogen functional groups attached to an aromatic ring is 1. The van der Waals surface area contributed by atoms with E-state index in [4.69, 9.17) is 10.5 Å². The summed E-state index contributed by atoms with van der Waals surface area (Å²) in [7, 11) is 0. The van der Waals surface area contributed by atoms with Crippen molar-refractivity contribution >= 4 is 11.6 Å². The molecule has 0 bridgehead atoms. The molecule has 0 aliphatic carbocycles. The van der Waals surface area contributed by atoms with Crippen LogP contribution >= 0.6 is 0 Å². The number of likely N-dealkylation sites (tertiary alicyclic amines) is 1. The van der Waals surface area contributed by atoms with Crippen LogP contribution in [0.25, 0.3) is 0 Å². The molecule has 0 spiro atoms. The first-order valence-electron chi connectivity index (χ1n) is 6.82. The number of hydrogen-bond donors (Lipinski definition) is 1. The average molecular weight is 262 g/mol. The number of hydrogen-bond acceptors (Lipinski definition) is 3. The van der Waals surface area contributed by atoms with E-state index in [0.717, 1.165) is 18.8 Å². The van der Waals surface area contributed by atoms with Crippen LogP contribution in [-0.2, 0) is 4.79 Å². The summed E-state index contributed by atoms with van der Waals surface area (Å²) in [4.78, 5) is 14.0. The van der Waals surface area contributed by atoms with Gasteiger partial charge in [0.2, 0.25) is 5.91 Å².